The molecular weight excluding hydrogens is 172 g/mol. The zero-order valence-corrected chi connectivity index (χ0v) is 7.15. The monoisotopic (exact) mass is 182 g/mol. The fraction of sp³-hybridized carbons (Fsp3) is 0.250. The van der Waals surface area contributed by atoms with Crippen LogP contribution in [-0.4, -0.2) is 22.1 Å². The summed E-state index contributed by atoms with van der Waals surface area (Å²) in [6, 6.07) is 0.171. The SMILES string of the molecule is C=CC(C)Nc1nc(C(=O)O)co1. The summed E-state index contributed by atoms with van der Waals surface area (Å²) in [6.07, 6.45) is 2.74. The zero-order chi connectivity index (χ0) is 9.84. The lowest BCUT2D eigenvalue weighted by Crippen LogP contribution is -2.11. The van der Waals surface area contributed by atoms with Gasteiger partial charge in [0.15, 0.2) is 5.69 Å². The lowest BCUT2D eigenvalue weighted by atomic mass is 10.3. The minimum Gasteiger partial charge on any atom is -0.476 e. The molecule has 5 nitrogen and oxygen atoms in total. The summed E-state index contributed by atoms with van der Waals surface area (Å²) in [4.78, 5) is 14.1. The lowest BCUT2D eigenvalue weighted by Gasteiger charge is -2.04. The van der Waals surface area contributed by atoms with E-state index in [-0.39, 0.29) is 17.8 Å². The number of nitrogens with one attached hydrogen (secondary N) is 1. The van der Waals surface area contributed by atoms with Gasteiger partial charge in [0.2, 0.25) is 0 Å². The van der Waals surface area contributed by atoms with Crippen molar-refractivity contribution >= 4 is 12.0 Å². The topological polar surface area (TPSA) is 75.4 Å². The van der Waals surface area contributed by atoms with Crippen molar-refractivity contribution in [2.24, 2.45) is 0 Å². The van der Waals surface area contributed by atoms with Crippen LogP contribution >= 0.6 is 0 Å². The molecule has 0 amide bonds. The Morgan fingerprint density at radius 1 is 1.92 bits per heavy atom. The number of carboxylic acids is 1. The Labute approximate surface area is 75.1 Å². The summed E-state index contributed by atoms with van der Waals surface area (Å²) in [7, 11) is 0. The highest BCUT2D eigenvalue weighted by Gasteiger charge is 2.10. The molecule has 0 aliphatic rings. The molecule has 0 fully saturated rings. The van der Waals surface area contributed by atoms with Gasteiger partial charge in [0.1, 0.15) is 6.26 Å². The summed E-state index contributed by atoms with van der Waals surface area (Å²) in [5.74, 6) is -1.11. The van der Waals surface area contributed by atoms with Crippen LogP contribution in [0.5, 0.6) is 0 Å². The number of oxazole rings is 1. The van der Waals surface area contributed by atoms with E-state index in [1.165, 1.54) is 0 Å². The molecule has 0 aromatic carbocycles. The molecule has 1 rings (SSSR count). The van der Waals surface area contributed by atoms with Crippen molar-refractivity contribution in [2.45, 2.75) is 13.0 Å². The molecule has 1 aromatic heterocycles. The quantitative estimate of drug-likeness (QED) is 0.687. The molecule has 0 radical (unpaired) electrons. The lowest BCUT2D eigenvalue weighted by molar-refractivity contribution is 0.0690. The summed E-state index contributed by atoms with van der Waals surface area (Å²) in [6.45, 7) is 5.40. The third kappa shape index (κ3) is 2.33. The Morgan fingerprint density at radius 2 is 2.62 bits per heavy atom. The molecule has 0 aliphatic heterocycles. The fourth-order valence-electron chi connectivity index (χ4n) is 0.692. The van der Waals surface area contributed by atoms with Gasteiger partial charge in [-0.05, 0) is 6.92 Å². The number of hydrogen-bond donors (Lipinski definition) is 2. The largest absolute Gasteiger partial charge is 0.476 e. The fourth-order valence-corrected chi connectivity index (χ4v) is 0.692. The molecule has 2 N–H and O–H groups in total. The first-order valence-electron chi connectivity index (χ1n) is 3.71. The van der Waals surface area contributed by atoms with E-state index in [0.29, 0.717) is 0 Å². The first-order valence-corrected chi connectivity index (χ1v) is 3.71. The molecule has 0 bridgehead atoms. The third-order valence-corrected chi connectivity index (χ3v) is 1.43. The van der Waals surface area contributed by atoms with Crippen LogP contribution in [-0.2, 0) is 0 Å². The van der Waals surface area contributed by atoms with Crippen molar-refractivity contribution in [1.82, 2.24) is 4.98 Å². The normalized spacial score (nSPS) is 12.1. The molecule has 1 aromatic rings. The number of nitrogens with zero attached hydrogens (tertiary/aromatic N) is 1. The summed E-state index contributed by atoms with van der Waals surface area (Å²) in [5, 5.41) is 11.3. The molecule has 13 heavy (non-hydrogen) atoms. The Kier molecular flexibility index (Phi) is 2.69. The van der Waals surface area contributed by atoms with Crippen LogP contribution in [0.2, 0.25) is 0 Å². The molecule has 0 saturated carbocycles. The van der Waals surface area contributed by atoms with E-state index in [4.69, 9.17) is 9.52 Å². The predicted octanol–water partition coefficient (Wildman–Crippen LogP) is 1.36. The molecule has 1 atom stereocenters. The van der Waals surface area contributed by atoms with Gasteiger partial charge in [-0.15, -0.1) is 6.58 Å². The van der Waals surface area contributed by atoms with Gasteiger partial charge >= 0.3 is 5.97 Å². The van der Waals surface area contributed by atoms with Crippen LogP contribution < -0.4 is 5.32 Å². The number of hydrogen-bond acceptors (Lipinski definition) is 4. The summed E-state index contributed by atoms with van der Waals surface area (Å²) in [5.41, 5.74) is -0.112. The average molecular weight is 182 g/mol. The summed E-state index contributed by atoms with van der Waals surface area (Å²) >= 11 is 0. The van der Waals surface area contributed by atoms with Gasteiger partial charge in [0, 0.05) is 6.04 Å². The maximum Gasteiger partial charge on any atom is 0.357 e. The number of aromatic nitrogens is 1. The highest BCUT2D eigenvalue weighted by atomic mass is 16.4. The summed E-state index contributed by atoms with van der Waals surface area (Å²) < 4.78 is 4.85. The molecule has 0 saturated heterocycles. The van der Waals surface area contributed by atoms with E-state index in [0.717, 1.165) is 6.26 Å². The maximum atomic E-state index is 10.4. The molecule has 5 heteroatoms. The smallest absolute Gasteiger partial charge is 0.357 e. The van der Waals surface area contributed by atoms with Gasteiger partial charge in [-0.2, -0.15) is 4.98 Å². The molecule has 0 spiro atoms. The number of aromatic carboxylic acids is 1. The second-order valence-corrected chi connectivity index (χ2v) is 2.51. The van der Waals surface area contributed by atoms with Gasteiger partial charge in [-0.1, -0.05) is 6.08 Å². The Hall–Kier alpha value is -1.78. The van der Waals surface area contributed by atoms with E-state index < -0.39 is 5.97 Å². The second kappa shape index (κ2) is 3.75. The zero-order valence-electron chi connectivity index (χ0n) is 7.15. The van der Waals surface area contributed by atoms with E-state index >= 15 is 0 Å². The van der Waals surface area contributed by atoms with E-state index in [9.17, 15) is 4.79 Å². The number of anilines is 1. The molecule has 1 heterocycles. The van der Waals surface area contributed by atoms with Crippen molar-refractivity contribution in [3.05, 3.63) is 24.6 Å². The van der Waals surface area contributed by atoms with Crippen molar-refractivity contribution in [3.8, 4) is 0 Å². The first kappa shape index (κ1) is 9.31. The van der Waals surface area contributed by atoms with Crippen molar-refractivity contribution in [2.75, 3.05) is 5.32 Å². The van der Waals surface area contributed by atoms with E-state index in [1.54, 1.807) is 6.08 Å². The molecular formula is C8H10N2O3. The van der Waals surface area contributed by atoms with Crippen molar-refractivity contribution < 1.29 is 14.3 Å². The third-order valence-electron chi connectivity index (χ3n) is 1.43. The van der Waals surface area contributed by atoms with E-state index in [2.05, 4.69) is 16.9 Å². The average Bonchev–Trinajstić information content (AvgIpc) is 2.52. The van der Waals surface area contributed by atoms with Gasteiger partial charge in [-0.3, -0.25) is 0 Å². The number of rotatable bonds is 4. The number of carbonyl (C=O) groups is 1. The van der Waals surface area contributed by atoms with Crippen molar-refractivity contribution in [1.29, 1.82) is 0 Å². The van der Waals surface area contributed by atoms with Gasteiger partial charge in [0.05, 0.1) is 0 Å². The highest BCUT2D eigenvalue weighted by molar-refractivity contribution is 5.85. The highest BCUT2D eigenvalue weighted by Crippen LogP contribution is 2.08. The van der Waals surface area contributed by atoms with Crippen molar-refractivity contribution in [3.63, 3.8) is 0 Å². The first-order chi connectivity index (χ1) is 6.13. The van der Waals surface area contributed by atoms with Crippen LogP contribution in [0.25, 0.3) is 0 Å². The van der Waals surface area contributed by atoms with E-state index in [1.807, 2.05) is 6.92 Å². The van der Waals surface area contributed by atoms with Crippen LogP contribution in [0.3, 0.4) is 0 Å². The minimum atomic E-state index is -1.11. The van der Waals surface area contributed by atoms with Crippen LogP contribution in [0, 0.1) is 0 Å². The van der Waals surface area contributed by atoms with Crippen LogP contribution in [0.1, 0.15) is 17.4 Å². The molecule has 1 unspecified atom stereocenters. The van der Waals surface area contributed by atoms with Crippen LogP contribution in [0.4, 0.5) is 6.01 Å². The number of carboxylic acid groups (broad SMARTS) is 1. The maximum absolute atomic E-state index is 10.4. The van der Waals surface area contributed by atoms with Gasteiger partial charge in [-0.25, -0.2) is 4.79 Å². The molecule has 70 valence electrons. The Morgan fingerprint density at radius 3 is 3.08 bits per heavy atom. The standard InChI is InChI=1S/C8H10N2O3/c1-3-5(2)9-8-10-6(4-13-8)7(11)12/h3-5H,1H2,2H3,(H,9,10)(H,11,12). The Bertz CT molecular complexity index is 319. The minimum absolute atomic E-state index is 0.0136. The Balaban J connectivity index is 2.69. The molecule has 0 aliphatic carbocycles. The van der Waals surface area contributed by atoms with Gasteiger partial charge in [0.25, 0.3) is 6.01 Å². The van der Waals surface area contributed by atoms with Crippen LogP contribution in [0.15, 0.2) is 23.3 Å². The van der Waals surface area contributed by atoms with Gasteiger partial charge < -0.3 is 14.8 Å². The predicted molar refractivity (Wildman–Crippen MR) is 46.7 cm³/mol. The second-order valence-electron chi connectivity index (χ2n) is 2.51.